The van der Waals surface area contributed by atoms with Gasteiger partial charge in [-0.1, -0.05) is 23.9 Å². The van der Waals surface area contributed by atoms with E-state index in [1.54, 1.807) is 12.1 Å². The van der Waals surface area contributed by atoms with Gasteiger partial charge in [0.05, 0.1) is 10.8 Å². The Labute approximate surface area is 169 Å². The van der Waals surface area contributed by atoms with E-state index in [0.29, 0.717) is 22.6 Å². The summed E-state index contributed by atoms with van der Waals surface area (Å²) in [4.78, 5) is 15.2. The number of carbonyl (C=O) groups excluding carboxylic acids is 1. The second-order valence-electron chi connectivity index (χ2n) is 8.02. The van der Waals surface area contributed by atoms with Gasteiger partial charge in [0.2, 0.25) is 5.91 Å². The van der Waals surface area contributed by atoms with Gasteiger partial charge >= 0.3 is 0 Å². The summed E-state index contributed by atoms with van der Waals surface area (Å²) in [7, 11) is 0. The van der Waals surface area contributed by atoms with Crippen molar-refractivity contribution in [2.24, 2.45) is 0 Å². The number of nitrogens with zero attached hydrogens (tertiary/aromatic N) is 4. The predicted octanol–water partition coefficient (Wildman–Crippen LogP) is 4.69. The predicted molar refractivity (Wildman–Crippen MR) is 109 cm³/mol. The fourth-order valence-corrected chi connectivity index (χ4v) is 5.10. The molecule has 1 aromatic heterocycles. The third-order valence-corrected chi connectivity index (χ3v) is 6.81. The molecule has 1 aliphatic heterocycles. The van der Waals surface area contributed by atoms with Crippen molar-refractivity contribution in [3.05, 3.63) is 30.1 Å². The molecule has 0 spiro atoms. The second-order valence-corrected chi connectivity index (χ2v) is 9.33. The van der Waals surface area contributed by atoms with Gasteiger partial charge in [0, 0.05) is 18.1 Å². The molecule has 28 heavy (non-hydrogen) atoms. The van der Waals surface area contributed by atoms with Crippen molar-refractivity contribution < 1.29 is 9.18 Å². The van der Waals surface area contributed by atoms with Crippen molar-refractivity contribution in [3.63, 3.8) is 0 Å². The van der Waals surface area contributed by atoms with Gasteiger partial charge in [-0.15, -0.1) is 10.2 Å². The van der Waals surface area contributed by atoms with Crippen LogP contribution in [0.4, 0.5) is 4.39 Å². The number of halogens is 1. The molecule has 1 amide bonds. The van der Waals surface area contributed by atoms with Crippen LogP contribution in [0.1, 0.15) is 58.9 Å². The van der Waals surface area contributed by atoms with Crippen LogP contribution in [0.5, 0.6) is 0 Å². The van der Waals surface area contributed by atoms with Crippen LogP contribution in [0.2, 0.25) is 0 Å². The average molecular weight is 403 g/mol. The zero-order chi connectivity index (χ0) is 19.8. The third-order valence-electron chi connectivity index (χ3n) is 5.77. The van der Waals surface area contributed by atoms with Crippen molar-refractivity contribution in [1.82, 2.24) is 19.7 Å². The Balaban J connectivity index is 1.58. The van der Waals surface area contributed by atoms with Gasteiger partial charge in [0.1, 0.15) is 5.82 Å². The van der Waals surface area contributed by atoms with Crippen LogP contribution in [-0.2, 0) is 4.79 Å². The molecule has 5 nitrogen and oxygen atoms in total. The molecule has 0 bridgehead atoms. The van der Waals surface area contributed by atoms with Crippen LogP contribution in [0.15, 0.2) is 29.4 Å². The molecule has 2 heterocycles. The standard InChI is InChI=1S/C21H27FN4OS/c1-13-7-6-8-14(2)25(13)20(27)15(3)28-21-24-23-19(26(21)16-11-12-16)17-9-4-5-10-18(17)22/h4-5,9-10,13-16H,6-8,11-12H2,1-3H3/t13-,14-,15-/m0/s1. The smallest absolute Gasteiger partial charge is 0.236 e. The van der Waals surface area contributed by atoms with E-state index in [2.05, 4.69) is 24.0 Å². The number of thioether (sulfide) groups is 1. The molecule has 1 saturated carbocycles. The fourth-order valence-electron chi connectivity index (χ4n) is 4.12. The fraction of sp³-hybridized carbons (Fsp3) is 0.571. The van der Waals surface area contributed by atoms with Gasteiger partial charge in [-0.25, -0.2) is 4.39 Å². The highest BCUT2D eigenvalue weighted by molar-refractivity contribution is 8.00. The van der Waals surface area contributed by atoms with Gasteiger partial charge in [0.25, 0.3) is 0 Å². The molecule has 3 atom stereocenters. The first-order valence-corrected chi connectivity index (χ1v) is 11.0. The van der Waals surface area contributed by atoms with E-state index in [1.165, 1.54) is 24.2 Å². The molecule has 150 valence electrons. The Bertz CT molecular complexity index is 856. The van der Waals surface area contributed by atoms with Crippen LogP contribution in [-0.4, -0.2) is 42.9 Å². The van der Waals surface area contributed by atoms with Gasteiger partial charge in [-0.3, -0.25) is 9.36 Å². The Hall–Kier alpha value is -1.89. The molecule has 4 rings (SSSR count). The lowest BCUT2D eigenvalue weighted by Crippen LogP contribution is -2.50. The summed E-state index contributed by atoms with van der Waals surface area (Å²) >= 11 is 1.44. The topological polar surface area (TPSA) is 51.0 Å². The number of benzene rings is 1. The molecule has 1 saturated heterocycles. The maximum atomic E-state index is 14.3. The quantitative estimate of drug-likeness (QED) is 0.681. The van der Waals surface area contributed by atoms with Gasteiger partial charge in [-0.2, -0.15) is 0 Å². The monoisotopic (exact) mass is 402 g/mol. The van der Waals surface area contributed by atoms with E-state index in [9.17, 15) is 9.18 Å². The SMILES string of the molecule is C[C@H](Sc1nnc(-c2ccccc2F)n1C1CC1)C(=O)N1[C@@H](C)CCC[C@@H]1C. The molecule has 2 aromatic rings. The normalized spacial score (nSPS) is 23.6. The van der Waals surface area contributed by atoms with Crippen molar-refractivity contribution in [3.8, 4) is 11.4 Å². The molecule has 7 heteroatoms. The third kappa shape index (κ3) is 3.69. The average Bonchev–Trinajstić information content (AvgIpc) is 3.42. The second kappa shape index (κ2) is 7.85. The van der Waals surface area contributed by atoms with Crippen molar-refractivity contribution in [2.45, 2.75) is 81.4 Å². The molecule has 0 radical (unpaired) electrons. The number of hydrogen-bond acceptors (Lipinski definition) is 4. The Morgan fingerprint density at radius 1 is 1.14 bits per heavy atom. The van der Waals surface area contributed by atoms with Crippen molar-refractivity contribution >= 4 is 17.7 Å². The number of amides is 1. The highest BCUT2D eigenvalue weighted by Crippen LogP contribution is 2.42. The number of carbonyl (C=O) groups is 1. The van der Waals surface area contributed by atoms with Crippen LogP contribution >= 0.6 is 11.8 Å². The van der Waals surface area contributed by atoms with Crippen LogP contribution in [0, 0.1) is 5.82 Å². The van der Waals surface area contributed by atoms with Gasteiger partial charge < -0.3 is 4.90 Å². The molecule has 1 aromatic carbocycles. The minimum atomic E-state index is -0.298. The maximum Gasteiger partial charge on any atom is 0.236 e. The van der Waals surface area contributed by atoms with Gasteiger partial charge in [0.15, 0.2) is 11.0 Å². The summed E-state index contributed by atoms with van der Waals surface area (Å²) in [5.74, 6) is 0.415. The van der Waals surface area contributed by atoms with Crippen molar-refractivity contribution in [1.29, 1.82) is 0 Å². The summed E-state index contributed by atoms with van der Waals surface area (Å²) in [6.45, 7) is 6.21. The van der Waals surface area contributed by atoms with E-state index < -0.39 is 0 Å². The first kappa shape index (κ1) is 19.4. The molecule has 2 fully saturated rings. The van der Waals surface area contributed by atoms with E-state index in [4.69, 9.17) is 0 Å². The van der Waals surface area contributed by atoms with Crippen LogP contribution in [0.3, 0.4) is 0 Å². The number of likely N-dealkylation sites (tertiary alicyclic amines) is 1. The maximum absolute atomic E-state index is 14.3. The lowest BCUT2D eigenvalue weighted by molar-refractivity contribution is -0.136. The first-order valence-electron chi connectivity index (χ1n) is 10.2. The first-order chi connectivity index (χ1) is 13.5. The van der Waals surface area contributed by atoms with Crippen LogP contribution in [0.25, 0.3) is 11.4 Å². The number of aromatic nitrogens is 3. The number of rotatable bonds is 5. The zero-order valence-corrected chi connectivity index (χ0v) is 17.5. The highest BCUT2D eigenvalue weighted by Gasteiger charge is 2.35. The van der Waals surface area contributed by atoms with E-state index in [0.717, 1.165) is 25.7 Å². The molecule has 1 aliphatic carbocycles. The summed E-state index contributed by atoms with van der Waals surface area (Å²) in [5.41, 5.74) is 0.464. The highest BCUT2D eigenvalue weighted by atomic mass is 32.2. The summed E-state index contributed by atoms with van der Waals surface area (Å²) in [6.07, 6.45) is 5.37. The Morgan fingerprint density at radius 3 is 2.46 bits per heavy atom. The summed E-state index contributed by atoms with van der Waals surface area (Å²) in [5, 5.41) is 9.09. The molecule has 0 N–H and O–H groups in total. The van der Waals surface area contributed by atoms with Gasteiger partial charge in [-0.05, 0) is 65.0 Å². The molecular formula is C21H27FN4OS. The number of piperidine rings is 1. The van der Waals surface area contributed by atoms with E-state index in [1.807, 2.05) is 22.5 Å². The Morgan fingerprint density at radius 2 is 1.82 bits per heavy atom. The lowest BCUT2D eigenvalue weighted by Gasteiger charge is -2.40. The minimum absolute atomic E-state index is 0.155. The number of hydrogen-bond donors (Lipinski definition) is 0. The Kier molecular flexibility index (Phi) is 5.45. The summed E-state index contributed by atoms with van der Waals surface area (Å²) < 4.78 is 16.3. The van der Waals surface area contributed by atoms with Crippen LogP contribution < -0.4 is 0 Å². The minimum Gasteiger partial charge on any atom is -0.336 e. The van der Waals surface area contributed by atoms with E-state index in [-0.39, 0.29) is 29.1 Å². The largest absolute Gasteiger partial charge is 0.336 e. The molecule has 2 aliphatic rings. The lowest BCUT2D eigenvalue weighted by atomic mass is 9.97. The molecule has 0 unspecified atom stereocenters. The van der Waals surface area contributed by atoms with Crippen molar-refractivity contribution in [2.75, 3.05) is 0 Å². The summed E-state index contributed by atoms with van der Waals surface area (Å²) in [6, 6.07) is 7.50. The molecular weight excluding hydrogens is 375 g/mol. The zero-order valence-electron chi connectivity index (χ0n) is 16.6. The van der Waals surface area contributed by atoms with E-state index >= 15 is 0 Å².